The van der Waals surface area contributed by atoms with Crippen molar-refractivity contribution in [3.05, 3.63) is 72.8 Å². The summed E-state index contributed by atoms with van der Waals surface area (Å²) in [6.07, 6.45) is 0. The summed E-state index contributed by atoms with van der Waals surface area (Å²) in [5, 5.41) is 22.4. The van der Waals surface area contributed by atoms with Gasteiger partial charge in [0, 0.05) is 0 Å². The van der Waals surface area contributed by atoms with Crippen LogP contribution in [-0.4, -0.2) is 24.4 Å². The molecule has 0 radical (unpaired) electrons. The van der Waals surface area contributed by atoms with Crippen molar-refractivity contribution in [2.75, 3.05) is 14.2 Å². The van der Waals surface area contributed by atoms with Crippen LogP contribution in [0.25, 0.3) is 21.5 Å². The lowest BCUT2D eigenvalue weighted by Crippen LogP contribution is -1.84. The maximum atomic E-state index is 9.14. The summed E-state index contributed by atoms with van der Waals surface area (Å²) in [6, 6.07) is 22.0. The number of fused-ring (bicyclic) bond motifs is 2. The second-order valence-electron chi connectivity index (χ2n) is 5.79. The Hall–Kier alpha value is -3.40. The average molecular weight is 348 g/mol. The van der Waals surface area contributed by atoms with E-state index in [4.69, 9.17) is 19.7 Å². The second-order valence-corrected chi connectivity index (χ2v) is 5.79. The van der Waals surface area contributed by atoms with Crippen LogP contribution in [0.5, 0.6) is 23.0 Å². The Bertz CT molecular complexity index is 956. The zero-order valence-corrected chi connectivity index (χ0v) is 14.6. The first-order valence-electron chi connectivity index (χ1n) is 8.12. The predicted octanol–water partition coefficient (Wildman–Crippen LogP) is 5.11. The highest BCUT2D eigenvalue weighted by molar-refractivity contribution is 5.85. The minimum absolute atomic E-state index is 0.244. The Balaban J connectivity index is 0.000000152. The molecule has 132 valence electrons. The first-order valence-corrected chi connectivity index (χ1v) is 8.12. The topological polar surface area (TPSA) is 58.9 Å². The van der Waals surface area contributed by atoms with Gasteiger partial charge in [-0.15, -0.1) is 0 Å². The quantitative estimate of drug-likeness (QED) is 0.529. The van der Waals surface area contributed by atoms with Crippen molar-refractivity contribution in [1.29, 1.82) is 0 Å². The third-order valence-corrected chi connectivity index (χ3v) is 4.06. The molecule has 0 aromatic heterocycles. The highest BCUT2D eigenvalue weighted by Crippen LogP contribution is 2.25. The Kier molecular flexibility index (Phi) is 5.13. The van der Waals surface area contributed by atoms with Crippen LogP contribution in [-0.2, 0) is 0 Å². The molecule has 0 unspecified atom stereocenters. The molecule has 0 amide bonds. The standard InChI is InChI=1S/C12H12O2.C10H8O2/c1-13-11-5-3-10-8-12(14-2)6-4-9(10)7-11;11-9-3-1-7-5-10(12)4-2-8(7)6-9/h3-8H,1-2H3;1-6,11-12H. The third-order valence-electron chi connectivity index (χ3n) is 4.06. The van der Waals surface area contributed by atoms with Crippen LogP contribution < -0.4 is 9.47 Å². The Labute approximate surface area is 151 Å². The summed E-state index contributed by atoms with van der Waals surface area (Å²) in [5.41, 5.74) is 0. The molecule has 26 heavy (non-hydrogen) atoms. The van der Waals surface area contributed by atoms with Gasteiger partial charge in [-0.2, -0.15) is 0 Å². The van der Waals surface area contributed by atoms with E-state index in [-0.39, 0.29) is 11.5 Å². The molecule has 0 fully saturated rings. The molecular formula is C22H20O4. The van der Waals surface area contributed by atoms with Gasteiger partial charge >= 0.3 is 0 Å². The zero-order valence-electron chi connectivity index (χ0n) is 14.6. The molecule has 4 rings (SSSR count). The number of ether oxygens (including phenoxy) is 2. The number of benzene rings is 4. The van der Waals surface area contributed by atoms with Gasteiger partial charge in [0.2, 0.25) is 0 Å². The van der Waals surface area contributed by atoms with Crippen molar-refractivity contribution in [2.45, 2.75) is 0 Å². The molecule has 2 N–H and O–H groups in total. The lowest BCUT2D eigenvalue weighted by molar-refractivity contribution is 0.414. The normalized spacial score (nSPS) is 10.2. The highest BCUT2D eigenvalue weighted by atomic mass is 16.5. The number of hydrogen-bond acceptors (Lipinski definition) is 4. The van der Waals surface area contributed by atoms with Gasteiger partial charge in [-0.1, -0.05) is 24.3 Å². The number of phenolic OH excluding ortho intramolecular Hbond substituents is 2. The molecule has 0 heterocycles. The first-order chi connectivity index (χ1) is 12.6. The van der Waals surface area contributed by atoms with Crippen molar-refractivity contribution >= 4 is 21.5 Å². The van der Waals surface area contributed by atoms with Gasteiger partial charge < -0.3 is 19.7 Å². The molecule has 0 saturated heterocycles. The van der Waals surface area contributed by atoms with Crippen molar-refractivity contribution < 1.29 is 19.7 Å². The lowest BCUT2D eigenvalue weighted by Gasteiger charge is -2.04. The summed E-state index contributed by atoms with van der Waals surface area (Å²) in [4.78, 5) is 0. The Morgan fingerprint density at radius 3 is 1.23 bits per heavy atom. The number of methoxy groups -OCH3 is 2. The van der Waals surface area contributed by atoms with Gasteiger partial charge in [-0.3, -0.25) is 0 Å². The van der Waals surface area contributed by atoms with Gasteiger partial charge in [0.1, 0.15) is 23.0 Å². The Morgan fingerprint density at radius 2 is 0.846 bits per heavy atom. The molecular weight excluding hydrogens is 328 g/mol. The molecule has 0 spiro atoms. The third kappa shape index (κ3) is 3.98. The maximum absolute atomic E-state index is 9.14. The van der Waals surface area contributed by atoms with Crippen LogP contribution in [0.3, 0.4) is 0 Å². The largest absolute Gasteiger partial charge is 0.508 e. The van der Waals surface area contributed by atoms with Gasteiger partial charge in [0.25, 0.3) is 0 Å². The Morgan fingerprint density at radius 1 is 0.500 bits per heavy atom. The van der Waals surface area contributed by atoms with Crippen molar-refractivity contribution in [3.63, 3.8) is 0 Å². The van der Waals surface area contributed by atoms with E-state index in [1.807, 2.05) is 36.4 Å². The fourth-order valence-corrected chi connectivity index (χ4v) is 2.68. The molecule has 0 saturated carbocycles. The second kappa shape index (κ2) is 7.66. The van der Waals surface area contributed by atoms with Gasteiger partial charge in [-0.25, -0.2) is 0 Å². The monoisotopic (exact) mass is 348 g/mol. The van der Waals surface area contributed by atoms with Crippen LogP contribution >= 0.6 is 0 Å². The molecule has 4 aromatic carbocycles. The van der Waals surface area contributed by atoms with Crippen LogP contribution in [0.4, 0.5) is 0 Å². The van der Waals surface area contributed by atoms with E-state index in [0.29, 0.717) is 0 Å². The SMILES string of the molecule is COc1ccc2cc(OC)ccc2c1.Oc1ccc2cc(O)ccc2c1. The van der Waals surface area contributed by atoms with E-state index >= 15 is 0 Å². The minimum atomic E-state index is 0.244. The van der Waals surface area contributed by atoms with Crippen LogP contribution in [0.2, 0.25) is 0 Å². The zero-order chi connectivity index (χ0) is 18.5. The lowest BCUT2D eigenvalue weighted by atomic mass is 10.1. The average Bonchev–Trinajstić information content (AvgIpc) is 2.67. The van der Waals surface area contributed by atoms with Gasteiger partial charge in [0.05, 0.1) is 14.2 Å². The first kappa shape index (κ1) is 17.4. The van der Waals surface area contributed by atoms with Crippen LogP contribution in [0, 0.1) is 0 Å². The molecule has 4 aromatic rings. The smallest absolute Gasteiger partial charge is 0.119 e. The van der Waals surface area contributed by atoms with E-state index in [1.54, 1.807) is 50.6 Å². The molecule has 4 nitrogen and oxygen atoms in total. The molecule has 4 heteroatoms. The maximum Gasteiger partial charge on any atom is 0.119 e. The van der Waals surface area contributed by atoms with Crippen LogP contribution in [0.1, 0.15) is 0 Å². The molecule has 0 atom stereocenters. The fourth-order valence-electron chi connectivity index (χ4n) is 2.68. The summed E-state index contributed by atoms with van der Waals surface area (Å²) in [7, 11) is 3.34. The predicted molar refractivity (Wildman–Crippen MR) is 104 cm³/mol. The molecule has 0 aliphatic carbocycles. The van der Waals surface area contributed by atoms with E-state index in [2.05, 4.69) is 0 Å². The fraction of sp³-hybridized carbons (Fsp3) is 0.0909. The van der Waals surface area contributed by atoms with Gasteiger partial charge in [-0.05, 0) is 70.1 Å². The van der Waals surface area contributed by atoms with E-state index in [9.17, 15) is 0 Å². The van der Waals surface area contributed by atoms with Crippen molar-refractivity contribution in [3.8, 4) is 23.0 Å². The number of aromatic hydroxyl groups is 2. The minimum Gasteiger partial charge on any atom is -0.508 e. The number of rotatable bonds is 2. The summed E-state index contributed by atoms with van der Waals surface area (Å²) >= 11 is 0. The van der Waals surface area contributed by atoms with E-state index in [0.717, 1.165) is 33.0 Å². The van der Waals surface area contributed by atoms with E-state index < -0.39 is 0 Å². The van der Waals surface area contributed by atoms with Crippen molar-refractivity contribution in [2.24, 2.45) is 0 Å². The number of hydrogen-bond donors (Lipinski definition) is 2. The highest BCUT2D eigenvalue weighted by Gasteiger charge is 1.98. The molecule has 0 aliphatic heterocycles. The summed E-state index contributed by atoms with van der Waals surface area (Å²) in [6.45, 7) is 0. The molecule has 0 bridgehead atoms. The summed E-state index contributed by atoms with van der Waals surface area (Å²) < 4.78 is 10.3. The van der Waals surface area contributed by atoms with Crippen LogP contribution in [0.15, 0.2) is 72.8 Å². The number of phenols is 2. The summed E-state index contributed by atoms with van der Waals surface area (Å²) in [5.74, 6) is 2.24. The van der Waals surface area contributed by atoms with Gasteiger partial charge in [0.15, 0.2) is 0 Å². The van der Waals surface area contributed by atoms with Crippen molar-refractivity contribution in [1.82, 2.24) is 0 Å². The molecule has 0 aliphatic rings. The van der Waals surface area contributed by atoms with E-state index in [1.165, 1.54) is 0 Å².